The van der Waals surface area contributed by atoms with E-state index in [1.807, 2.05) is 13.8 Å². The molecule has 1 heterocycles. The van der Waals surface area contributed by atoms with Crippen LogP contribution in [0.5, 0.6) is 0 Å². The van der Waals surface area contributed by atoms with Crippen molar-refractivity contribution in [1.29, 1.82) is 0 Å². The van der Waals surface area contributed by atoms with Gasteiger partial charge in [0.25, 0.3) is 5.91 Å². The second-order valence-corrected chi connectivity index (χ2v) is 6.03. The Morgan fingerprint density at radius 2 is 1.89 bits per heavy atom. The molecule has 0 radical (unpaired) electrons. The number of rotatable bonds is 3. The van der Waals surface area contributed by atoms with Crippen molar-refractivity contribution in [3.63, 3.8) is 0 Å². The minimum Gasteiger partial charge on any atom is -0.345 e. The second kappa shape index (κ2) is 5.53. The summed E-state index contributed by atoms with van der Waals surface area (Å²) in [6.45, 7) is 6.05. The number of benzene rings is 1. The molecule has 19 heavy (non-hydrogen) atoms. The van der Waals surface area contributed by atoms with E-state index in [-0.39, 0.29) is 17.8 Å². The largest absolute Gasteiger partial charge is 0.345 e. The van der Waals surface area contributed by atoms with Gasteiger partial charge in [-0.3, -0.25) is 4.79 Å². The van der Waals surface area contributed by atoms with Gasteiger partial charge < -0.3 is 5.32 Å². The van der Waals surface area contributed by atoms with Crippen molar-refractivity contribution in [3.8, 4) is 0 Å². The molecule has 0 aliphatic carbocycles. The maximum Gasteiger partial charge on any atom is 0.251 e. The Labute approximate surface area is 116 Å². The van der Waals surface area contributed by atoms with Crippen LogP contribution in [0.1, 0.15) is 38.6 Å². The van der Waals surface area contributed by atoms with Gasteiger partial charge in [-0.15, -0.1) is 11.3 Å². The summed E-state index contributed by atoms with van der Waals surface area (Å²) in [5.41, 5.74) is 1.61. The number of nitrogens with one attached hydrogen (secondary N) is 1. The highest BCUT2D eigenvalue weighted by atomic mass is 32.1. The van der Waals surface area contributed by atoms with Crippen molar-refractivity contribution >= 4 is 17.2 Å². The van der Waals surface area contributed by atoms with Gasteiger partial charge in [0.15, 0.2) is 0 Å². The first-order valence-corrected chi connectivity index (χ1v) is 6.92. The molecule has 100 valence electrons. The summed E-state index contributed by atoms with van der Waals surface area (Å²) >= 11 is 1.72. The normalized spacial score (nSPS) is 12.2. The zero-order valence-corrected chi connectivity index (χ0v) is 12.0. The van der Waals surface area contributed by atoms with E-state index in [4.69, 9.17) is 0 Å². The third-order valence-corrected chi connectivity index (χ3v) is 3.98. The fourth-order valence-corrected chi connectivity index (χ4v) is 3.06. The lowest BCUT2D eigenvalue weighted by atomic mass is 10.1. The lowest BCUT2D eigenvalue weighted by Crippen LogP contribution is -2.26. The molecule has 1 atom stereocenters. The number of thiophene rings is 1. The highest BCUT2D eigenvalue weighted by Crippen LogP contribution is 2.26. The molecule has 1 N–H and O–H groups in total. The molecule has 1 amide bonds. The molecule has 0 aliphatic heterocycles. The topological polar surface area (TPSA) is 29.1 Å². The van der Waals surface area contributed by atoms with Gasteiger partial charge in [-0.25, -0.2) is 4.39 Å². The molecule has 1 unspecified atom stereocenters. The van der Waals surface area contributed by atoms with Gasteiger partial charge in [-0.05, 0) is 56.7 Å². The van der Waals surface area contributed by atoms with E-state index in [2.05, 4.69) is 18.3 Å². The summed E-state index contributed by atoms with van der Waals surface area (Å²) in [5.74, 6) is -0.523. The molecule has 2 rings (SSSR count). The number of carbonyl (C=O) groups is 1. The van der Waals surface area contributed by atoms with Crippen LogP contribution in [0.3, 0.4) is 0 Å². The maximum atomic E-state index is 12.8. The van der Waals surface area contributed by atoms with Crippen LogP contribution in [-0.4, -0.2) is 5.91 Å². The van der Waals surface area contributed by atoms with Crippen LogP contribution in [0.2, 0.25) is 0 Å². The van der Waals surface area contributed by atoms with Gasteiger partial charge in [0.2, 0.25) is 0 Å². The van der Waals surface area contributed by atoms with Crippen LogP contribution < -0.4 is 5.32 Å². The zero-order valence-electron chi connectivity index (χ0n) is 11.2. The molecule has 0 saturated heterocycles. The van der Waals surface area contributed by atoms with E-state index in [0.717, 1.165) is 5.56 Å². The molecule has 0 fully saturated rings. The molecular formula is C15H16FNOS. The van der Waals surface area contributed by atoms with Crippen molar-refractivity contribution in [3.05, 3.63) is 57.0 Å². The van der Waals surface area contributed by atoms with E-state index in [9.17, 15) is 9.18 Å². The maximum absolute atomic E-state index is 12.8. The molecule has 0 saturated carbocycles. The minimum absolute atomic E-state index is 0.0532. The van der Waals surface area contributed by atoms with E-state index in [1.165, 1.54) is 34.0 Å². The van der Waals surface area contributed by atoms with Crippen molar-refractivity contribution in [2.45, 2.75) is 26.8 Å². The quantitative estimate of drug-likeness (QED) is 0.903. The van der Waals surface area contributed by atoms with E-state index in [1.54, 1.807) is 11.3 Å². The number of hydrogen-bond acceptors (Lipinski definition) is 2. The first-order chi connectivity index (χ1) is 8.97. The molecule has 1 aromatic carbocycles. The average molecular weight is 277 g/mol. The number of aryl methyl sites for hydroxylation is 2. The SMILES string of the molecule is Cc1cc(C(C)NC(=O)c2ccc(F)cc2)c(C)s1. The molecule has 2 aromatic rings. The zero-order chi connectivity index (χ0) is 14.0. The average Bonchev–Trinajstić information content (AvgIpc) is 2.69. The third-order valence-electron chi connectivity index (χ3n) is 3.00. The summed E-state index contributed by atoms with van der Waals surface area (Å²) in [7, 11) is 0. The van der Waals surface area contributed by atoms with Crippen molar-refractivity contribution < 1.29 is 9.18 Å². The van der Waals surface area contributed by atoms with Crippen molar-refractivity contribution in [2.75, 3.05) is 0 Å². The molecule has 0 aliphatic rings. The van der Waals surface area contributed by atoms with Crippen LogP contribution in [0.25, 0.3) is 0 Å². The van der Waals surface area contributed by atoms with Crippen LogP contribution in [0, 0.1) is 19.7 Å². The highest BCUT2D eigenvalue weighted by molar-refractivity contribution is 7.12. The first kappa shape index (κ1) is 13.7. The minimum atomic E-state index is -0.339. The van der Waals surface area contributed by atoms with E-state index in [0.29, 0.717) is 5.56 Å². The fourth-order valence-electron chi connectivity index (χ4n) is 2.04. The summed E-state index contributed by atoms with van der Waals surface area (Å²) in [6, 6.07) is 7.60. The molecular weight excluding hydrogens is 261 g/mol. The highest BCUT2D eigenvalue weighted by Gasteiger charge is 2.14. The van der Waals surface area contributed by atoms with Gasteiger partial charge >= 0.3 is 0 Å². The predicted molar refractivity (Wildman–Crippen MR) is 76.1 cm³/mol. The number of halogens is 1. The van der Waals surface area contributed by atoms with Crippen LogP contribution in [0.15, 0.2) is 30.3 Å². The van der Waals surface area contributed by atoms with Crippen LogP contribution >= 0.6 is 11.3 Å². The van der Waals surface area contributed by atoms with E-state index >= 15 is 0 Å². The number of amides is 1. The Morgan fingerprint density at radius 3 is 2.42 bits per heavy atom. The molecule has 2 nitrogen and oxygen atoms in total. The Morgan fingerprint density at radius 1 is 1.26 bits per heavy atom. The standard InChI is InChI=1S/C15H16FNOS/c1-9-8-14(11(3)19-9)10(2)17-15(18)12-4-6-13(16)7-5-12/h4-8,10H,1-3H3,(H,17,18). The molecule has 0 spiro atoms. The molecule has 1 aromatic heterocycles. The summed E-state index contributed by atoms with van der Waals surface area (Å²) < 4.78 is 12.8. The van der Waals surface area contributed by atoms with Crippen molar-refractivity contribution in [2.24, 2.45) is 0 Å². The lowest BCUT2D eigenvalue weighted by molar-refractivity contribution is 0.0940. The second-order valence-electron chi connectivity index (χ2n) is 4.57. The lowest BCUT2D eigenvalue weighted by Gasteiger charge is -2.14. The predicted octanol–water partition coefficient (Wildman–Crippen LogP) is 4.00. The van der Waals surface area contributed by atoms with Gasteiger partial charge in [0.05, 0.1) is 6.04 Å². The Kier molecular flexibility index (Phi) is 4.00. The monoisotopic (exact) mass is 277 g/mol. The third kappa shape index (κ3) is 3.20. The van der Waals surface area contributed by atoms with Crippen LogP contribution in [-0.2, 0) is 0 Å². The number of hydrogen-bond donors (Lipinski definition) is 1. The van der Waals surface area contributed by atoms with E-state index < -0.39 is 0 Å². The van der Waals surface area contributed by atoms with Gasteiger partial charge in [-0.2, -0.15) is 0 Å². The van der Waals surface area contributed by atoms with Crippen LogP contribution in [0.4, 0.5) is 4.39 Å². The summed E-state index contributed by atoms with van der Waals surface area (Å²) in [4.78, 5) is 14.5. The molecule has 4 heteroatoms. The fraction of sp³-hybridized carbons (Fsp3) is 0.267. The summed E-state index contributed by atoms with van der Waals surface area (Å²) in [6.07, 6.45) is 0. The molecule has 0 bridgehead atoms. The Balaban J connectivity index is 2.10. The van der Waals surface area contributed by atoms with Gasteiger partial charge in [0.1, 0.15) is 5.82 Å². The van der Waals surface area contributed by atoms with Gasteiger partial charge in [-0.1, -0.05) is 0 Å². The van der Waals surface area contributed by atoms with Gasteiger partial charge in [0, 0.05) is 15.3 Å². The Bertz CT molecular complexity index is 589. The summed E-state index contributed by atoms with van der Waals surface area (Å²) in [5, 5.41) is 2.93. The first-order valence-electron chi connectivity index (χ1n) is 6.10. The smallest absolute Gasteiger partial charge is 0.251 e. The number of carbonyl (C=O) groups excluding carboxylic acids is 1. The van der Waals surface area contributed by atoms with Crippen molar-refractivity contribution in [1.82, 2.24) is 5.32 Å². The Hall–Kier alpha value is -1.68.